The highest BCUT2D eigenvalue weighted by molar-refractivity contribution is 5.56. The molecule has 2 nitrogen and oxygen atoms in total. The summed E-state index contributed by atoms with van der Waals surface area (Å²) in [5, 5.41) is 3.62. The Morgan fingerprint density at radius 1 is 1.31 bits per heavy atom. The van der Waals surface area contributed by atoms with Gasteiger partial charge in [0, 0.05) is 25.7 Å². The summed E-state index contributed by atoms with van der Waals surface area (Å²) in [6.45, 7) is 0.907. The van der Waals surface area contributed by atoms with E-state index in [4.69, 9.17) is 0 Å². The van der Waals surface area contributed by atoms with E-state index >= 15 is 0 Å². The molecule has 3 rings (SSSR count). The van der Waals surface area contributed by atoms with Crippen molar-refractivity contribution in [3.8, 4) is 0 Å². The number of likely N-dealkylation sites (N-methyl/N-ethyl adjacent to an activating group) is 1. The van der Waals surface area contributed by atoms with E-state index in [1.54, 1.807) is 6.07 Å². The third kappa shape index (κ3) is 1.80. The first-order chi connectivity index (χ1) is 7.74. The Morgan fingerprint density at radius 2 is 2.12 bits per heavy atom. The van der Waals surface area contributed by atoms with E-state index in [1.165, 1.54) is 12.8 Å². The molecule has 86 valence electrons. The molecular formula is C13H17FN2. The van der Waals surface area contributed by atoms with Gasteiger partial charge >= 0.3 is 0 Å². The SMILES string of the molecule is CN1CC(NC2CC2)Cc2cccc(F)c21. The summed E-state index contributed by atoms with van der Waals surface area (Å²) in [5.74, 6) is -0.0927. The highest BCUT2D eigenvalue weighted by atomic mass is 19.1. The zero-order chi connectivity index (χ0) is 11.1. The quantitative estimate of drug-likeness (QED) is 0.819. The average Bonchev–Trinajstić information content (AvgIpc) is 3.01. The molecular weight excluding hydrogens is 203 g/mol. The zero-order valence-corrected chi connectivity index (χ0v) is 9.54. The lowest BCUT2D eigenvalue weighted by Gasteiger charge is -2.34. The molecule has 1 unspecified atom stereocenters. The number of benzene rings is 1. The molecule has 1 saturated carbocycles. The second-order valence-corrected chi connectivity index (χ2v) is 4.97. The monoisotopic (exact) mass is 220 g/mol. The second-order valence-electron chi connectivity index (χ2n) is 4.97. The Hall–Kier alpha value is -1.09. The first-order valence-corrected chi connectivity index (χ1v) is 5.98. The predicted octanol–water partition coefficient (Wildman–Crippen LogP) is 1.94. The third-order valence-corrected chi connectivity index (χ3v) is 3.46. The number of nitrogens with zero attached hydrogens (tertiary/aromatic N) is 1. The van der Waals surface area contributed by atoms with Crippen molar-refractivity contribution in [2.24, 2.45) is 0 Å². The number of rotatable bonds is 2. The van der Waals surface area contributed by atoms with Gasteiger partial charge in [-0.15, -0.1) is 0 Å². The minimum Gasteiger partial charge on any atom is -0.370 e. The van der Waals surface area contributed by atoms with Gasteiger partial charge < -0.3 is 10.2 Å². The summed E-state index contributed by atoms with van der Waals surface area (Å²) < 4.78 is 13.7. The second kappa shape index (κ2) is 3.74. The number of nitrogens with one attached hydrogen (secondary N) is 1. The minimum atomic E-state index is -0.0927. The van der Waals surface area contributed by atoms with Gasteiger partial charge in [0.15, 0.2) is 0 Å². The molecule has 0 radical (unpaired) electrons. The van der Waals surface area contributed by atoms with Crippen LogP contribution in [0.2, 0.25) is 0 Å². The van der Waals surface area contributed by atoms with Crippen molar-refractivity contribution in [3.63, 3.8) is 0 Å². The van der Waals surface area contributed by atoms with Gasteiger partial charge in [0.25, 0.3) is 0 Å². The molecule has 1 atom stereocenters. The van der Waals surface area contributed by atoms with Gasteiger partial charge in [-0.1, -0.05) is 12.1 Å². The number of para-hydroxylation sites is 1. The molecule has 0 aromatic heterocycles. The zero-order valence-electron chi connectivity index (χ0n) is 9.54. The van der Waals surface area contributed by atoms with Crippen molar-refractivity contribution in [3.05, 3.63) is 29.6 Å². The number of hydrogen-bond donors (Lipinski definition) is 1. The summed E-state index contributed by atoms with van der Waals surface area (Å²) in [5.41, 5.74) is 1.92. The first-order valence-electron chi connectivity index (χ1n) is 5.98. The van der Waals surface area contributed by atoms with Crippen LogP contribution in [-0.4, -0.2) is 25.7 Å². The lowest BCUT2D eigenvalue weighted by atomic mass is 9.98. The lowest BCUT2D eigenvalue weighted by molar-refractivity contribution is 0.483. The minimum absolute atomic E-state index is 0.0927. The fourth-order valence-electron chi connectivity index (χ4n) is 2.60. The summed E-state index contributed by atoms with van der Waals surface area (Å²) in [7, 11) is 1.97. The molecule has 0 amide bonds. The molecule has 0 bridgehead atoms. The Labute approximate surface area is 95.4 Å². The van der Waals surface area contributed by atoms with Crippen LogP contribution in [-0.2, 0) is 6.42 Å². The Bertz CT molecular complexity index is 401. The van der Waals surface area contributed by atoms with Gasteiger partial charge in [0.2, 0.25) is 0 Å². The third-order valence-electron chi connectivity index (χ3n) is 3.46. The molecule has 1 N–H and O–H groups in total. The van der Waals surface area contributed by atoms with Crippen molar-refractivity contribution in [2.75, 3.05) is 18.5 Å². The molecule has 1 aromatic rings. The van der Waals surface area contributed by atoms with Gasteiger partial charge in [-0.05, 0) is 30.9 Å². The van der Waals surface area contributed by atoms with Gasteiger partial charge in [-0.2, -0.15) is 0 Å². The molecule has 1 heterocycles. The number of halogens is 1. The summed E-state index contributed by atoms with van der Waals surface area (Å²) in [4.78, 5) is 2.04. The molecule has 3 heteroatoms. The van der Waals surface area contributed by atoms with E-state index in [0.29, 0.717) is 12.1 Å². The summed E-state index contributed by atoms with van der Waals surface area (Å²) >= 11 is 0. The maximum absolute atomic E-state index is 13.7. The van der Waals surface area contributed by atoms with Crippen LogP contribution < -0.4 is 10.2 Å². The lowest BCUT2D eigenvalue weighted by Crippen LogP contribution is -2.45. The summed E-state index contributed by atoms with van der Waals surface area (Å²) in [6.07, 6.45) is 3.56. The van der Waals surface area contributed by atoms with Crippen LogP contribution in [0.4, 0.5) is 10.1 Å². The van der Waals surface area contributed by atoms with E-state index in [0.717, 1.165) is 24.2 Å². The molecule has 0 saturated heterocycles. The number of hydrogen-bond acceptors (Lipinski definition) is 2. The number of anilines is 1. The van der Waals surface area contributed by atoms with Crippen molar-refractivity contribution in [1.29, 1.82) is 0 Å². The van der Waals surface area contributed by atoms with Gasteiger partial charge in [0.05, 0.1) is 5.69 Å². The normalized spacial score (nSPS) is 24.4. The maximum Gasteiger partial charge on any atom is 0.146 e. The van der Waals surface area contributed by atoms with Crippen molar-refractivity contribution < 1.29 is 4.39 Å². The fraction of sp³-hybridized carbons (Fsp3) is 0.538. The Balaban J connectivity index is 1.84. The number of fused-ring (bicyclic) bond motifs is 1. The average molecular weight is 220 g/mol. The van der Waals surface area contributed by atoms with E-state index in [-0.39, 0.29) is 5.82 Å². The highest BCUT2D eigenvalue weighted by Crippen LogP contribution is 2.30. The van der Waals surface area contributed by atoms with E-state index in [1.807, 2.05) is 24.1 Å². The maximum atomic E-state index is 13.7. The van der Waals surface area contributed by atoms with Crippen molar-refractivity contribution >= 4 is 5.69 Å². The topological polar surface area (TPSA) is 15.3 Å². The van der Waals surface area contributed by atoms with Crippen LogP contribution in [0.5, 0.6) is 0 Å². The van der Waals surface area contributed by atoms with Crippen molar-refractivity contribution in [2.45, 2.75) is 31.3 Å². The predicted molar refractivity (Wildman–Crippen MR) is 63.3 cm³/mol. The van der Waals surface area contributed by atoms with Crippen molar-refractivity contribution in [1.82, 2.24) is 5.32 Å². The van der Waals surface area contributed by atoms with E-state index < -0.39 is 0 Å². The molecule has 16 heavy (non-hydrogen) atoms. The van der Waals surface area contributed by atoms with Crippen LogP contribution >= 0.6 is 0 Å². The molecule has 1 fully saturated rings. The molecule has 2 aliphatic rings. The fourth-order valence-corrected chi connectivity index (χ4v) is 2.60. The molecule has 0 spiro atoms. The van der Waals surface area contributed by atoms with E-state index in [2.05, 4.69) is 5.32 Å². The highest BCUT2D eigenvalue weighted by Gasteiger charge is 2.29. The van der Waals surface area contributed by atoms with Gasteiger partial charge in [-0.3, -0.25) is 0 Å². The smallest absolute Gasteiger partial charge is 0.146 e. The van der Waals surface area contributed by atoms with Gasteiger partial charge in [0.1, 0.15) is 5.82 Å². The van der Waals surface area contributed by atoms with Crippen LogP contribution in [0.25, 0.3) is 0 Å². The van der Waals surface area contributed by atoms with Crippen LogP contribution in [0, 0.1) is 5.82 Å². The first kappa shape index (κ1) is 10.1. The Morgan fingerprint density at radius 3 is 2.88 bits per heavy atom. The molecule has 1 aliphatic carbocycles. The van der Waals surface area contributed by atoms with Gasteiger partial charge in [-0.25, -0.2) is 4.39 Å². The summed E-state index contributed by atoms with van der Waals surface area (Å²) in [6, 6.07) is 6.58. The largest absolute Gasteiger partial charge is 0.370 e. The molecule has 1 aliphatic heterocycles. The van der Waals surface area contributed by atoms with E-state index in [9.17, 15) is 4.39 Å². The van der Waals surface area contributed by atoms with Crippen LogP contribution in [0.15, 0.2) is 18.2 Å². The van der Waals surface area contributed by atoms with Crippen LogP contribution in [0.3, 0.4) is 0 Å². The Kier molecular flexibility index (Phi) is 2.36. The standard InChI is InChI=1S/C13H17FN2/c1-16-8-11(15-10-5-6-10)7-9-3-2-4-12(14)13(9)16/h2-4,10-11,15H,5-8H2,1H3. The van der Waals surface area contributed by atoms with Crippen LogP contribution in [0.1, 0.15) is 18.4 Å². The molecule has 1 aromatic carbocycles.